The minimum atomic E-state index is 0.111. The van der Waals surface area contributed by atoms with Crippen LogP contribution in [-0.4, -0.2) is 21.3 Å². The highest BCUT2D eigenvalue weighted by Crippen LogP contribution is 2.20. The van der Waals surface area contributed by atoms with Crippen LogP contribution >= 0.6 is 15.9 Å². The summed E-state index contributed by atoms with van der Waals surface area (Å²) in [6, 6.07) is 7.62. The van der Waals surface area contributed by atoms with Gasteiger partial charge in [0.15, 0.2) is 0 Å². The average molecular weight is 306 g/mol. The zero-order valence-electron chi connectivity index (χ0n) is 9.67. The molecule has 0 radical (unpaired) electrons. The largest absolute Gasteiger partial charge is 0.396 e. The highest BCUT2D eigenvalue weighted by Gasteiger charge is 2.06. The quantitative estimate of drug-likeness (QED) is 0.941. The van der Waals surface area contributed by atoms with Crippen LogP contribution in [0.4, 0.5) is 0 Å². The molecule has 0 aliphatic carbocycles. The number of aliphatic hydroxyl groups is 1. The van der Waals surface area contributed by atoms with Gasteiger partial charge in [0, 0.05) is 35.9 Å². The maximum Gasteiger partial charge on any atom is 0.0992 e. The van der Waals surface area contributed by atoms with E-state index in [-0.39, 0.29) is 6.61 Å². The Labute approximate surface area is 114 Å². The van der Waals surface area contributed by atoms with Gasteiger partial charge in [0.2, 0.25) is 0 Å². The van der Waals surface area contributed by atoms with Gasteiger partial charge in [-0.05, 0) is 17.7 Å². The summed E-state index contributed by atoms with van der Waals surface area (Å²) in [5.41, 5.74) is 2.70. The van der Waals surface area contributed by atoms with Gasteiger partial charge >= 0.3 is 0 Å². The fourth-order valence-corrected chi connectivity index (χ4v) is 2.25. The summed E-state index contributed by atoms with van der Waals surface area (Å²) in [4.78, 5) is 4.08. The third-order valence-corrected chi connectivity index (χ3v) is 3.43. The molecule has 0 saturated heterocycles. The van der Waals surface area contributed by atoms with Crippen molar-refractivity contribution in [2.75, 3.05) is 6.61 Å². The third kappa shape index (κ3) is 2.78. The molecule has 0 saturated carbocycles. The van der Waals surface area contributed by atoms with Crippen LogP contribution in [0.15, 0.2) is 35.2 Å². The molecule has 2 aromatic rings. The number of imidazole rings is 1. The fourth-order valence-electron chi connectivity index (χ4n) is 1.74. The highest BCUT2D eigenvalue weighted by molar-refractivity contribution is 9.10. The number of hydrogen-bond donors (Lipinski definition) is 1. The van der Waals surface area contributed by atoms with Crippen molar-refractivity contribution >= 4 is 15.9 Å². The second-order valence-corrected chi connectivity index (χ2v) is 4.76. The Balaban J connectivity index is 2.23. The molecule has 4 nitrogen and oxygen atoms in total. The predicted octanol–water partition coefficient (Wildman–Crippen LogP) is 2.10. The van der Waals surface area contributed by atoms with E-state index in [1.807, 2.05) is 10.6 Å². The van der Waals surface area contributed by atoms with E-state index in [4.69, 9.17) is 10.4 Å². The molecule has 0 aliphatic rings. The van der Waals surface area contributed by atoms with Crippen LogP contribution in [0.25, 0.3) is 0 Å². The second kappa shape index (κ2) is 5.80. The van der Waals surface area contributed by atoms with Crippen molar-refractivity contribution < 1.29 is 5.11 Å². The zero-order chi connectivity index (χ0) is 13.0. The molecule has 0 aliphatic heterocycles. The van der Waals surface area contributed by atoms with Crippen molar-refractivity contribution in [1.29, 1.82) is 5.26 Å². The van der Waals surface area contributed by atoms with Crippen molar-refractivity contribution in [2.45, 2.75) is 13.0 Å². The number of halogens is 1. The number of nitrogens with zero attached hydrogens (tertiary/aromatic N) is 3. The van der Waals surface area contributed by atoms with Gasteiger partial charge in [0.1, 0.15) is 0 Å². The maximum absolute atomic E-state index is 8.97. The van der Waals surface area contributed by atoms with Gasteiger partial charge in [0.05, 0.1) is 18.0 Å². The molecule has 1 N–H and O–H groups in total. The molecule has 0 atom stereocenters. The Bertz CT molecular complexity index is 586. The van der Waals surface area contributed by atoms with Crippen LogP contribution in [0.3, 0.4) is 0 Å². The average Bonchev–Trinajstić information content (AvgIpc) is 2.80. The lowest BCUT2D eigenvalue weighted by Crippen LogP contribution is -2.05. The zero-order valence-corrected chi connectivity index (χ0v) is 11.3. The summed E-state index contributed by atoms with van der Waals surface area (Å²) >= 11 is 3.46. The van der Waals surface area contributed by atoms with E-state index < -0.39 is 0 Å². The van der Waals surface area contributed by atoms with Crippen LogP contribution in [0.5, 0.6) is 0 Å². The van der Waals surface area contributed by atoms with Gasteiger partial charge in [-0.2, -0.15) is 5.26 Å². The SMILES string of the molecule is N#Cc1ccc(Cn2cncc2CCO)c(Br)c1. The third-order valence-electron chi connectivity index (χ3n) is 2.69. The van der Waals surface area contributed by atoms with Crippen LogP contribution < -0.4 is 0 Å². The second-order valence-electron chi connectivity index (χ2n) is 3.90. The standard InChI is InChI=1S/C13H12BrN3O/c14-13-5-10(6-15)1-2-11(13)8-17-9-16-7-12(17)3-4-18/h1-2,5,7,9,18H,3-4,8H2. The molecule has 5 heteroatoms. The molecule has 1 aromatic heterocycles. The molecule has 0 bridgehead atoms. The predicted molar refractivity (Wildman–Crippen MR) is 71.0 cm³/mol. The Kier molecular flexibility index (Phi) is 4.13. The minimum absolute atomic E-state index is 0.111. The highest BCUT2D eigenvalue weighted by atomic mass is 79.9. The van der Waals surface area contributed by atoms with Crippen molar-refractivity contribution in [3.05, 3.63) is 52.0 Å². The van der Waals surface area contributed by atoms with Gasteiger partial charge < -0.3 is 9.67 Å². The Morgan fingerprint density at radius 3 is 2.94 bits per heavy atom. The molecular formula is C13H12BrN3O. The molecule has 0 amide bonds. The summed E-state index contributed by atoms with van der Waals surface area (Å²) in [7, 11) is 0. The first-order chi connectivity index (χ1) is 8.74. The molecule has 92 valence electrons. The van der Waals surface area contributed by atoms with Crippen molar-refractivity contribution in [1.82, 2.24) is 9.55 Å². The molecule has 0 spiro atoms. The van der Waals surface area contributed by atoms with Crippen molar-refractivity contribution in [3.8, 4) is 6.07 Å². The van der Waals surface area contributed by atoms with Gasteiger partial charge in [-0.1, -0.05) is 22.0 Å². The van der Waals surface area contributed by atoms with Gasteiger partial charge in [-0.25, -0.2) is 4.98 Å². The number of rotatable bonds is 4. The van der Waals surface area contributed by atoms with Crippen molar-refractivity contribution in [3.63, 3.8) is 0 Å². The lowest BCUT2D eigenvalue weighted by Gasteiger charge is -2.09. The van der Waals surface area contributed by atoms with Gasteiger partial charge in [0.25, 0.3) is 0 Å². The number of aliphatic hydroxyl groups excluding tert-OH is 1. The summed E-state index contributed by atoms with van der Waals surface area (Å²) in [5, 5.41) is 17.8. The van der Waals surface area contributed by atoms with E-state index in [1.54, 1.807) is 24.7 Å². The number of aromatic nitrogens is 2. The topological polar surface area (TPSA) is 61.8 Å². The summed E-state index contributed by atoms with van der Waals surface area (Å²) in [5.74, 6) is 0. The van der Waals surface area contributed by atoms with E-state index in [0.717, 1.165) is 15.7 Å². The molecule has 2 rings (SSSR count). The number of benzene rings is 1. The van der Waals surface area contributed by atoms with Gasteiger partial charge in [-0.3, -0.25) is 0 Å². The van der Waals surface area contributed by atoms with E-state index in [0.29, 0.717) is 18.5 Å². The summed E-state index contributed by atoms with van der Waals surface area (Å²) in [6.07, 6.45) is 4.09. The first-order valence-corrected chi connectivity index (χ1v) is 6.32. The fraction of sp³-hybridized carbons (Fsp3) is 0.231. The van der Waals surface area contributed by atoms with E-state index in [1.165, 1.54) is 0 Å². The Morgan fingerprint density at radius 1 is 1.44 bits per heavy atom. The van der Waals surface area contributed by atoms with Gasteiger partial charge in [-0.15, -0.1) is 0 Å². The van der Waals surface area contributed by atoms with Crippen LogP contribution in [-0.2, 0) is 13.0 Å². The first-order valence-electron chi connectivity index (χ1n) is 5.53. The van der Waals surface area contributed by atoms with Crippen LogP contribution in [0, 0.1) is 11.3 Å². The number of hydrogen-bond acceptors (Lipinski definition) is 3. The maximum atomic E-state index is 8.97. The lowest BCUT2D eigenvalue weighted by atomic mass is 10.1. The van der Waals surface area contributed by atoms with Crippen LogP contribution in [0.2, 0.25) is 0 Å². The number of nitriles is 1. The van der Waals surface area contributed by atoms with E-state index in [9.17, 15) is 0 Å². The van der Waals surface area contributed by atoms with E-state index in [2.05, 4.69) is 27.0 Å². The summed E-state index contributed by atoms with van der Waals surface area (Å²) < 4.78 is 2.90. The monoisotopic (exact) mass is 305 g/mol. The summed E-state index contributed by atoms with van der Waals surface area (Å²) in [6.45, 7) is 0.780. The minimum Gasteiger partial charge on any atom is -0.396 e. The lowest BCUT2D eigenvalue weighted by molar-refractivity contribution is 0.296. The normalized spacial score (nSPS) is 10.3. The first kappa shape index (κ1) is 12.8. The molecule has 1 aromatic carbocycles. The van der Waals surface area contributed by atoms with Crippen molar-refractivity contribution in [2.24, 2.45) is 0 Å². The molecule has 1 heterocycles. The van der Waals surface area contributed by atoms with Crippen LogP contribution in [0.1, 0.15) is 16.8 Å². The Morgan fingerprint density at radius 2 is 2.28 bits per heavy atom. The molecule has 0 unspecified atom stereocenters. The van der Waals surface area contributed by atoms with E-state index >= 15 is 0 Å². The molecular weight excluding hydrogens is 294 g/mol. The molecule has 18 heavy (non-hydrogen) atoms. The Hall–Kier alpha value is -1.64. The smallest absolute Gasteiger partial charge is 0.0992 e. The molecule has 0 fully saturated rings.